The maximum Gasteiger partial charge on any atom is 0.326 e. The summed E-state index contributed by atoms with van der Waals surface area (Å²) in [6.07, 6.45) is -0.833. The zero-order valence-corrected chi connectivity index (χ0v) is 15.5. The Morgan fingerprint density at radius 3 is 2.54 bits per heavy atom. The van der Waals surface area contributed by atoms with Crippen LogP contribution in [0.5, 0.6) is 5.75 Å². The molecule has 2 atom stereocenters. The van der Waals surface area contributed by atoms with Gasteiger partial charge in [0.05, 0.1) is 13.7 Å². The van der Waals surface area contributed by atoms with Crippen molar-refractivity contribution in [2.24, 2.45) is 0 Å². The summed E-state index contributed by atoms with van der Waals surface area (Å²) in [6, 6.07) is 6.23. The second-order valence-corrected chi connectivity index (χ2v) is 5.83. The van der Waals surface area contributed by atoms with Gasteiger partial charge in [0, 0.05) is 20.0 Å². The first-order chi connectivity index (χ1) is 12.3. The molecule has 0 aliphatic heterocycles. The fourth-order valence-corrected chi connectivity index (χ4v) is 2.27. The fraction of sp³-hybridized carbons (Fsp3) is 0.500. The average molecular weight is 366 g/mol. The van der Waals surface area contributed by atoms with E-state index >= 15 is 0 Å². The summed E-state index contributed by atoms with van der Waals surface area (Å²) >= 11 is 0. The summed E-state index contributed by atoms with van der Waals surface area (Å²) in [5.41, 5.74) is 0.833. The summed E-state index contributed by atoms with van der Waals surface area (Å²) in [5, 5.41) is 11.8. The maximum atomic E-state index is 12.6. The van der Waals surface area contributed by atoms with Crippen LogP contribution >= 0.6 is 0 Å². The van der Waals surface area contributed by atoms with E-state index < -0.39 is 24.0 Å². The minimum Gasteiger partial charge on any atom is -0.497 e. The number of carboxylic acids is 1. The molecule has 8 heteroatoms. The fourth-order valence-electron chi connectivity index (χ4n) is 2.27. The number of carbonyl (C=O) groups excluding carboxylic acids is 2. The second-order valence-electron chi connectivity index (χ2n) is 5.83. The van der Waals surface area contributed by atoms with Gasteiger partial charge in [-0.2, -0.15) is 0 Å². The molecule has 1 aromatic rings. The number of carboxylic acid groups (broad SMARTS) is 1. The first-order valence-electron chi connectivity index (χ1n) is 8.28. The molecule has 1 aromatic carbocycles. The van der Waals surface area contributed by atoms with Crippen LogP contribution in [0.3, 0.4) is 0 Å². The number of nitrogens with one attached hydrogen (secondary N) is 1. The molecule has 144 valence electrons. The molecule has 8 nitrogen and oxygen atoms in total. The van der Waals surface area contributed by atoms with Crippen molar-refractivity contribution < 1.29 is 29.0 Å². The lowest BCUT2D eigenvalue weighted by Crippen LogP contribution is -2.50. The van der Waals surface area contributed by atoms with E-state index in [1.165, 1.54) is 18.7 Å². The molecule has 0 aromatic heterocycles. The van der Waals surface area contributed by atoms with E-state index in [4.69, 9.17) is 9.47 Å². The highest BCUT2D eigenvalue weighted by molar-refractivity contribution is 5.86. The number of rotatable bonds is 10. The van der Waals surface area contributed by atoms with Gasteiger partial charge in [0.2, 0.25) is 5.91 Å². The molecule has 0 aliphatic rings. The van der Waals surface area contributed by atoms with Crippen molar-refractivity contribution >= 4 is 17.8 Å². The quantitative estimate of drug-likeness (QED) is 0.641. The zero-order chi connectivity index (χ0) is 19.7. The molecule has 0 heterocycles. The third kappa shape index (κ3) is 6.72. The Morgan fingerprint density at radius 1 is 1.27 bits per heavy atom. The minimum atomic E-state index is -1.12. The predicted octanol–water partition coefficient (Wildman–Crippen LogP) is 1.04. The highest BCUT2D eigenvalue weighted by Crippen LogP contribution is 2.14. The van der Waals surface area contributed by atoms with Crippen molar-refractivity contribution in [2.75, 3.05) is 20.2 Å². The lowest BCUT2D eigenvalue weighted by molar-refractivity contribution is -0.155. The maximum absolute atomic E-state index is 12.6. The lowest BCUT2D eigenvalue weighted by atomic mass is 10.2. The van der Waals surface area contributed by atoms with E-state index in [0.29, 0.717) is 5.75 Å². The molecule has 2 unspecified atom stereocenters. The second kappa shape index (κ2) is 10.4. The molecule has 2 N–H and O–H groups in total. The van der Waals surface area contributed by atoms with Gasteiger partial charge in [0.15, 0.2) is 0 Å². The standard InChI is InChI=1S/C18H26N2O6/c1-12(18(23)24)20(9-8-19-14(3)21)17(22)13(2)26-11-15-6-5-7-16(10-15)25-4/h5-7,10,12-13H,8-9,11H2,1-4H3,(H,19,21)(H,23,24). The summed E-state index contributed by atoms with van der Waals surface area (Å²) in [4.78, 5) is 36.1. The average Bonchev–Trinajstić information content (AvgIpc) is 2.62. The van der Waals surface area contributed by atoms with Crippen molar-refractivity contribution in [3.05, 3.63) is 29.8 Å². The molecule has 0 saturated heterocycles. The van der Waals surface area contributed by atoms with Gasteiger partial charge < -0.3 is 24.8 Å². The van der Waals surface area contributed by atoms with E-state index in [0.717, 1.165) is 5.56 Å². The number of methoxy groups -OCH3 is 1. The highest BCUT2D eigenvalue weighted by Gasteiger charge is 2.29. The van der Waals surface area contributed by atoms with Gasteiger partial charge >= 0.3 is 5.97 Å². The molecule has 0 bridgehead atoms. The van der Waals surface area contributed by atoms with E-state index in [1.807, 2.05) is 12.1 Å². The Bertz CT molecular complexity index is 634. The number of hydrogen-bond donors (Lipinski definition) is 2. The van der Waals surface area contributed by atoms with Crippen molar-refractivity contribution in [3.63, 3.8) is 0 Å². The van der Waals surface area contributed by atoms with E-state index in [2.05, 4.69) is 5.32 Å². The van der Waals surface area contributed by atoms with Crippen LogP contribution in [-0.4, -0.2) is 60.1 Å². The molecule has 0 fully saturated rings. The molecule has 0 aliphatic carbocycles. The number of carbonyl (C=O) groups is 3. The van der Waals surface area contributed by atoms with Crippen LogP contribution in [0.4, 0.5) is 0 Å². The molecule has 26 heavy (non-hydrogen) atoms. The van der Waals surface area contributed by atoms with Crippen LogP contribution < -0.4 is 10.1 Å². The van der Waals surface area contributed by atoms with Crippen molar-refractivity contribution in [1.82, 2.24) is 10.2 Å². The molecule has 0 spiro atoms. The van der Waals surface area contributed by atoms with Crippen molar-refractivity contribution in [2.45, 2.75) is 39.5 Å². The Hall–Kier alpha value is -2.61. The Labute approximate surface area is 153 Å². The molecule has 1 rings (SSSR count). The highest BCUT2D eigenvalue weighted by atomic mass is 16.5. The van der Waals surface area contributed by atoms with Gasteiger partial charge in [-0.3, -0.25) is 9.59 Å². The molecule has 2 amide bonds. The van der Waals surface area contributed by atoms with Crippen LogP contribution in [0, 0.1) is 0 Å². The van der Waals surface area contributed by atoms with Crippen molar-refractivity contribution in [3.8, 4) is 5.75 Å². The number of hydrogen-bond acceptors (Lipinski definition) is 5. The van der Waals surface area contributed by atoms with E-state index in [1.54, 1.807) is 26.2 Å². The lowest BCUT2D eigenvalue weighted by Gasteiger charge is -2.29. The predicted molar refractivity (Wildman–Crippen MR) is 94.7 cm³/mol. The first-order valence-corrected chi connectivity index (χ1v) is 8.28. The van der Waals surface area contributed by atoms with Crippen LogP contribution in [0.25, 0.3) is 0 Å². The van der Waals surface area contributed by atoms with Gasteiger partial charge in [0.25, 0.3) is 5.91 Å². The summed E-state index contributed by atoms with van der Waals surface area (Å²) in [5.74, 6) is -1.14. The number of benzene rings is 1. The summed E-state index contributed by atoms with van der Waals surface area (Å²) in [7, 11) is 1.56. The smallest absolute Gasteiger partial charge is 0.326 e. The Balaban J connectivity index is 2.71. The Kier molecular flexibility index (Phi) is 8.57. The normalized spacial score (nSPS) is 12.8. The molecule has 0 saturated carbocycles. The third-order valence-electron chi connectivity index (χ3n) is 3.82. The van der Waals surface area contributed by atoms with Gasteiger partial charge in [-0.15, -0.1) is 0 Å². The summed E-state index contributed by atoms with van der Waals surface area (Å²) < 4.78 is 10.7. The number of ether oxygens (including phenoxy) is 2. The van der Waals surface area contributed by atoms with Crippen LogP contribution in [0.15, 0.2) is 24.3 Å². The first kappa shape index (κ1) is 21.4. The van der Waals surface area contributed by atoms with Gasteiger partial charge in [-0.05, 0) is 31.5 Å². The Morgan fingerprint density at radius 2 is 1.96 bits per heavy atom. The van der Waals surface area contributed by atoms with Gasteiger partial charge in [0.1, 0.15) is 17.9 Å². The zero-order valence-electron chi connectivity index (χ0n) is 15.5. The SMILES string of the molecule is COc1cccc(COC(C)C(=O)N(CCNC(C)=O)C(C)C(=O)O)c1. The topological polar surface area (TPSA) is 105 Å². The number of nitrogens with zero attached hydrogens (tertiary/aromatic N) is 1. The van der Waals surface area contributed by atoms with E-state index in [9.17, 15) is 19.5 Å². The summed E-state index contributed by atoms with van der Waals surface area (Å²) in [6.45, 7) is 4.78. The van der Waals surface area contributed by atoms with Gasteiger partial charge in [-0.1, -0.05) is 12.1 Å². The van der Waals surface area contributed by atoms with Crippen molar-refractivity contribution in [1.29, 1.82) is 0 Å². The number of amides is 2. The van der Waals surface area contributed by atoms with Crippen LogP contribution in [0.2, 0.25) is 0 Å². The molecular weight excluding hydrogens is 340 g/mol. The van der Waals surface area contributed by atoms with Crippen LogP contribution in [-0.2, 0) is 25.7 Å². The monoisotopic (exact) mass is 366 g/mol. The van der Waals surface area contributed by atoms with E-state index in [-0.39, 0.29) is 25.6 Å². The minimum absolute atomic E-state index is 0.0821. The van der Waals surface area contributed by atoms with Crippen LogP contribution in [0.1, 0.15) is 26.3 Å². The van der Waals surface area contributed by atoms with Gasteiger partial charge in [-0.25, -0.2) is 4.79 Å². The molecular formula is C18H26N2O6. The largest absolute Gasteiger partial charge is 0.497 e. The third-order valence-corrected chi connectivity index (χ3v) is 3.82. The molecule has 0 radical (unpaired) electrons. The number of aliphatic carboxylic acids is 1.